The molecule has 0 unspecified atom stereocenters. The molecule has 6 heteroatoms. The number of sulfonamides is 1. The monoisotopic (exact) mass is 386 g/mol. The maximum Gasteiger partial charge on any atom is 0.251 e. The number of rotatable bonds is 7. The van der Waals surface area contributed by atoms with Crippen LogP contribution in [0.3, 0.4) is 0 Å². The summed E-state index contributed by atoms with van der Waals surface area (Å²) < 4.78 is 27.5. The average molecular weight is 387 g/mol. The van der Waals surface area contributed by atoms with Gasteiger partial charge < -0.3 is 5.32 Å². The highest BCUT2D eigenvalue weighted by Crippen LogP contribution is 2.23. The van der Waals surface area contributed by atoms with Crippen LogP contribution in [-0.2, 0) is 22.0 Å². The van der Waals surface area contributed by atoms with Gasteiger partial charge in [-0.05, 0) is 40.8 Å². The maximum atomic E-state index is 12.5. The van der Waals surface area contributed by atoms with E-state index in [1.165, 1.54) is 0 Å². The van der Waals surface area contributed by atoms with Gasteiger partial charge in [0.15, 0.2) is 0 Å². The molecule has 2 aromatic carbocycles. The van der Waals surface area contributed by atoms with E-state index in [9.17, 15) is 13.2 Å². The highest BCUT2D eigenvalue weighted by atomic mass is 32.2. The molecule has 0 atom stereocenters. The Balaban J connectivity index is 2.02. The number of carbonyl (C=O) groups excluding carboxylic acids is 1. The van der Waals surface area contributed by atoms with Crippen molar-refractivity contribution in [1.29, 1.82) is 0 Å². The zero-order chi connectivity index (χ0) is 20.1. The molecule has 0 saturated heterocycles. The SMILES string of the molecule is C=CCNC(=O)c1ccc(CNS(=O)(=O)c2ccc(C(C)(C)C)cc2)cc1. The van der Waals surface area contributed by atoms with E-state index < -0.39 is 10.0 Å². The summed E-state index contributed by atoms with van der Waals surface area (Å²) in [6.07, 6.45) is 1.61. The minimum atomic E-state index is -3.60. The number of hydrogen-bond donors (Lipinski definition) is 2. The van der Waals surface area contributed by atoms with Crippen LogP contribution in [0, 0.1) is 0 Å². The van der Waals surface area contributed by atoms with Crippen LogP contribution in [0.25, 0.3) is 0 Å². The first-order valence-corrected chi connectivity index (χ1v) is 10.2. The molecule has 0 aliphatic rings. The standard InChI is InChI=1S/C21H26N2O3S/c1-5-14-22-20(24)17-8-6-16(7-9-17)15-23-27(25,26)19-12-10-18(11-13-19)21(2,3)4/h5-13,23H,1,14-15H2,2-4H3,(H,22,24). The minimum absolute atomic E-state index is 0.0323. The van der Waals surface area contributed by atoms with Crippen molar-refractivity contribution in [3.63, 3.8) is 0 Å². The maximum absolute atomic E-state index is 12.5. The molecular formula is C21H26N2O3S. The number of benzene rings is 2. The summed E-state index contributed by atoms with van der Waals surface area (Å²) in [6, 6.07) is 13.7. The Hall–Kier alpha value is -2.44. The number of amides is 1. The predicted octanol–water partition coefficient (Wildman–Crippen LogP) is 3.38. The summed E-state index contributed by atoms with van der Waals surface area (Å²) in [6.45, 7) is 10.3. The lowest BCUT2D eigenvalue weighted by Crippen LogP contribution is -2.24. The van der Waals surface area contributed by atoms with Gasteiger partial charge in [-0.15, -0.1) is 6.58 Å². The minimum Gasteiger partial charge on any atom is -0.349 e. The van der Waals surface area contributed by atoms with Crippen molar-refractivity contribution in [3.8, 4) is 0 Å². The van der Waals surface area contributed by atoms with Crippen molar-refractivity contribution >= 4 is 15.9 Å². The van der Waals surface area contributed by atoms with E-state index >= 15 is 0 Å². The molecular weight excluding hydrogens is 360 g/mol. The highest BCUT2D eigenvalue weighted by Gasteiger charge is 2.17. The molecule has 1 amide bonds. The summed E-state index contributed by atoms with van der Waals surface area (Å²) in [5.41, 5.74) is 2.33. The van der Waals surface area contributed by atoms with Crippen molar-refractivity contribution in [2.75, 3.05) is 6.54 Å². The Bertz CT molecular complexity index is 894. The van der Waals surface area contributed by atoms with Crippen molar-refractivity contribution in [3.05, 3.63) is 77.9 Å². The third-order valence-electron chi connectivity index (χ3n) is 4.12. The van der Waals surface area contributed by atoms with Crippen LogP contribution >= 0.6 is 0 Å². The fourth-order valence-electron chi connectivity index (χ4n) is 2.44. The summed E-state index contributed by atoms with van der Waals surface area (Å²) in [7, 11) is -3.60. The molecule has 0 aliphatic carbocycles. The first kappa shape index (κ1) is 20.9. The molecule has 0 spiro atoms. The third-order valence-corrected chi connectivity index (χ3v) is 5.54. The largest absolute Gasteiger partial charge is 0.349 e. The fourth-order valence-corrected chi connectivity index (χ4v) is 3.45. The van der Waals surface area contributed by atoms with E-state index in [1.54, 1.807) is 42.5 Å². The van der Waals surface area contributed by atoms with E-state index in [2.05, 4.69) is 37.4 Å². The Labute approximate surface area is 161 Å². The molecule has 0 fully saturated rings. The quantitative estimate of drug-likeness (QED) is 0.717. The third kappa shape index (κ3) is 5.77. The van der Waals surface area contributed by atoms with Crippen LogP contribution < -0.4 is 10.0 Å². The molecule has 2 N–H and O–H groups in total. The molecule has 0 aliphatic heterocycles. The number of nitrogens with one attached hydrogen (secondary N) is 2. The van der Waals surface area contributed by atoms with E-state index in [0.717, 1.165) is 11.1 Å². The first-order valence-electron chi connectivity index (χ1n) is 8.72. The van der Waals surface area contributed by atoms with Crippen molar-refractivity contribution in [1.82, 2.24) is 10.0 Å². The molecule has 2 aromatic rings. The van der Waals surface area contributed by atoms with Gasteiger partial charge in [-0.25, -0.2) is 13.1 Å². The van der Waals surface area contributed by atoms with Crippen LogP contribution in [-0.4, -0.2) is 20.9 Å². The van der Waals surface area contributed by atoms with Crippen molar-refractivity contribution < 1.29 is 13.2 Å². The van der Waals surface area contributed by atoms with Crippen molar-refractivity contribution in [2.24, 2.45) is 0 Å². The van der Waals surface area contributed by atoms with Gasteiger partial charge in [-0.1, -0.05) is 51.1 Å². The van der Waals surface area contributed by atoms with Crippen molar-refractivity contribution in [2.45, 2.75) is 37.6 Å². The Kier molecular flexibility index (Phi) is 6.57. The van der Waals surface area contributed by atoms with Gasteiger partial charge in [-0.2, -0.15) is 0 Å². The summed E-state index contributed by atoms with van der Waals surface area (Å²) in [5, 5.41) is 2.69. The number of hydrogen-bond acceptors (Lipinski definition) is 3. The van der Waals surface area contributed by atoms with Crippen LogP contribution in [0.4, 0.5) is 0 Å². The second-order valence-electron chi connectivity index (χ2n) is 7.29. The molecule has 5 nitrogen and oxygen atoms in total. The summed E-state index contributed by atoms with van der Waals surface area (Å²) in [5.74, 6) is -0.194. The van der Waals surface area contributed by atoms with Crippen LogP contribution in [0.2, 0.25) is 0 Å². The second-order valence-corrected chi connectivity index (χ2v) is 9.06. The van der Waals surface area contributed by atoms with E-state index in [-0.39, 0.29) is 22.8 Å². The molecule has 27 heavy (non-hydrogen) atoms. The second kappa shape index (κ2) is 8.50. The van der Waals surface area contributed by atoms with Gasteiger partial charge in [0.05, 0.1) is 4.90 Å². The lowest BCUT2D eigenvalue weighted by molar-refractivity contribution is 0.0958. The lowest BCUT2D eigenvalue weighted by Gasteiger charge is -2.19. The topological polar surface area (TPSA) is 75.3 Å². The molecule has 0 aromatic heterocycles. The number of carbonyl (C=O) groups is 1. The van der Waals surface area contributed by atoms with Gasteiger partial charge in [0, 0.05) is 18.7 Å². The van der Waals surface area contributed by atoms with Gasteiger partial charge >= 0.3 is 0 Å². The predicted molar refractivity (Wildman–Crippen MR) is 108 cm³/mol. The van der Waals surface area contributed by atoms with Gasteiger partial charge in [0.25, 0.3) is 5.91 Å². The zero-order valence-corrected chi connectivity index (χ0v) is 16.8. The Morgan fingerprint density at radius 1 is 1.04 bits per heavy atom. The average Bonchev–Trinajstić information content (AvgIpc) is 2.64. The van der Waals surface area contributed by atoms with E-state index in [0.29, 0.717) is 12.1 Å². The van der Waals surface area contributed by atoms with Gasteiger partial charge in [0.1, 0.15) is 0 Å². The van der Waals surface area contributed by atoms with E-state index in [1.807, 2.05) is 12.1 Å². The molecule has 0 heterocycles. The highest BCUT2D eigenvalue weighted by molar-refractivity contribution is 7.89. The van der Waals surface area contributed by atoms with Crippen LogP contribution in [0.1, 0.15) is 42.3 Å². The van der Waals surface area contributed by atoms with Gasteiger partial charge in [-0.3, -0.25) is 4.79 Å². The molecule has 0 bridgehead atoms. The Morgan fingerprint density at radius 2 is 1.63 bits per heavy atom. The zero-order valence-electron chi connectivity index (χ0n) is 16.0. The molecule has 0 radical (unpaired) electrons. The molecule has 144 valence electrons. The smallest absolute Gasteiger partial charge is 0.251 e. The molecule has 0 saturated carbocycles. The summed E-state index contributed by atoms with van der Waals surface area (Å²) in [4.78, 5) is 12.1. The first-order chi connectivity index (χ1) is 12.6. The normalized spacial score (nSPS) is 11.8. The molecule has 2 rings (SSSR count). The Morgan fingerprint density at radius 3 is 2.15 bits per heavy atom. The fraction of sp³-hybridized carbons (Fsp3) is 0.286. The van der Waals surface area contributed by atoms with Gasteiger partial charge in [0.2, 0.25) is 10.0 Å². The van der Waals surface area contributed by atoms with Crippen LogP contribution in [0.5, 0.6) is 0 Å². The lowest BCUT2D eigenvalue weighted by atomic mass is 9.87. The summed E-state index contributed by atoms with van der Waals surface area (Å²) >= 11 is 0. The van der Waals surface area contributed by atoms with Crippen LogP contribution in [0.15, 0.2) is 66.1 Å². The van der Waals surface area contributed by atoms with E-state index in [4.69, 9.17) is 0 Å².